The standard InChI is InChI=1S/C17H12F2N4O2/c1-9(10-6-7-13(18)14(19)8-10)20-23-17(25)15-11-4-2-3-5-12(11)16(24)22-21-15/h2-8H,1H3,(H,22,24)(H,23,25)/b20-9-. The second kappa shape index (κ2) is 6.60. The Morgan fingerprint density at radius 2 is 1.84 bits per heavy atom. The topological polar surface area (TPSA) is 87.2 Å². The van der Waals surface area contributed by atoms with Crippen molar-refractivity contribution < 1.29 is 13.6 Å². The Labute approximate surface area is 140 Å². The predicted molar refractivity (Wildman–Crippen MR) is 88.4 cm³/mol. The number of hydrogen-bond acceptors (Lipinski definition) is 4. The predicted octanol–water partition coefficient (Wildman–Crippen LogP) is 2.36. The molecule has 0 unspecified atom stereocenters. The third-order valence-corrected chi connectivity index (χ3v) is 3.57. The fourth-order valence-corrected chi connectivity index (χ4v) is 2.26. The number of hydrazone groups is 1. The summed E-state index contributed by atoms with van der Waals surface area (Å²) in [5.41, 5.74) is 2.48. The zero-order chi connectivity index (χ0) is 18.0. The van der Waals surface area contributed by atoms with Crippen LogP contribution in [0.3, 0.4) is 0 Å². The number of carbonyl (C=O) groups excluding carboxylic acids is 1. The third kappa shape index (κ3) is 3.27. The molecule has 6 nitrogen and oxygen atoms in total. The number of amides is 1. The molecule has 0 aliphatic carbocycles. The summed E-state index contributed by atoms with van der Waals surface area (Å²) in [5.74, 6) is -2.62. The third-order valence-electron chi connectivity index (χ3n) is 3.57. The first-order chi connectivity index (χ1) is 12.0. The Bertz CT molecular complexity index is 1060. The van der Waals surface area contributed by atoms with Crippen molar-refractivity contribution >= 4 is 22.4 Å². The monoisotopic (exact) mass is 342 g/mol. The lowest BCUT2D eigenvalue weighted by Crippen LogP contribution is -2.23. The minimum Gasteiger partial charge on any atom is -0.267 e. The molecule has 8 heteroatoms. The summed E-state index contributed by atoms with van der Waals surface area (Å²) < 4.78 is 26.2. The number of H-pyrrole nitrogens is 1. The van der Waals surface area contributed by atoms with Crippen molar-refractivity contribution in [3.63, 3.8) is 0 Å². The van der Waals surface area contributed by atoms with Crippen LogP contribution in [-0.4, -0.2) is 21.8 Å². The number of fused-ring (bicyclic) bond motifs is 1. The fourth-order valence-electron chi connectivity index (χ4n) is 2.26. The first kappa shape index (κ1) is 16.4. The van der Waals surface area contributed by atoms with E-state index < -0.39 is 23.1 Å². The minimum absolute atomic E-state index is 0.00274. The average Bonchev–Trinajstić information content (AvgIpc) is 2.62. The van der Waals surface area contributed by atoms with Gasteiger partial charge in [-0.3, -0.25) is 9.59 Å². The van der Waals surface area contributed by atoms with Crippen molar-refractivity contribution in [3.05, 3.63) is 75.7 Å². The number of halogens is 2. The van der Waals surface area contributed by atoms with Crippen LogP contribution in [0.25, 0.3) is 10.8 Å². The lowest BCUT2D eigenvalue weighted by Gasteiger charge is -2.05. The molecule has 2 aromatic carbocycles. The maximum Gasteiger partial charge on any atom is 0.292 e. The van der Waals surface area contributed by atoms with Gasteiger partial charge in [0, 0.05) is 10.9 Å². The van der Waals surface area contributed by atoms with Crippen LogP contribution in [0.2, 0.25) is 0 Å². The van der Waals surface area contributed by atoms with E-state index in [4.69, 9.17) is 0 Å². The molecule has 3 rings (SSSR count). The summed E-state index contributed by atoms with van der Waals surface area (Å²) >= 11 is 0. The van der Waals surface area contributed by atoms with E-state index in [1.165, 1.54) is 13.0 Å². The van der Waals surface area contributed by atoms with Crippen LogP contribution in [0.15, 0.2) is 52.4 Å². The molecule has 0 aliphatic heterocycles. The van der Waals surface area contributed by atoms with Crippen LogP contribution in [-0.2, 0) is 0 Å². The van der Waals surface area contributed by atoms with E-state index in [2.05, 4.69) is 20.7 Å². The van der Waals surface area contributed by atoms with Crippen LogP contribution >= 0.6 is 0 Å². The van der Waals surface area contributed by atoms with Gasteiger partial charge < -0.3 is 0 Å². The highest BCUT2D eigenvalue weighted by atomic mass is 19.2. The van der Waals surface area contributed by atoms with E-state index >= 15 is 0 Å². The van der Waals surface area contributed by atoms with E-state index in [9.17, 15) is 18.4 Å². The van der Waals surface area contributed by atoms with Crippen molar-refractivity contribution in [2.45, 2.75) is 6.92 Å². The Hall–Kier alpha value is -3.42. The number of aromatic amines is 1. The zero-order valence-electron chi connectivity index (χ0n) is 13.0. The van der Waals surface area contributed by atoms with Crippen LogP contribution in [0.1, 0.15) is 23.0 Å². The van der Waals surface area contributed by atoms with E-state index in [0.717, 1.165) is 12.1 Å². The fraction of sp³-hybridized carbons (Fsp3) is 0.0588. The molecule has 0 spiro atoms. The van der Waals surface area contributed by atoms with Crippen LogP contribution in [0.4, 0.5) is 8.78 Å². The molecule has 0 fully saturated rings. The maximum atomic E-state index is 13.3. The molecule has 126 valence electrons. The van der Waals surface area contributed by atoms with Crippen molar-refractivity contribution in [3.8, 4) is 0 Å². The summed E-state index contributed by atoms with van der Waals surface area (Å²) in [4.78, 5) is 24.0. The highest BCUT2D eigenvalue weighted by molar-refractivity contribution is 6.06. The summed E-state index contributed by atoms with van der Waals surface area (Å²) in [6.07, 6.45) is 0. The molecule has 0 saturated heterocycles. The summed E-state index contributed by atoms with van der Waals surface area (Å²) in [5, 5.41) is 10.6. The Morgan fingerprint density at radius 1 is 1.12 bits per heavy atom. The van der Waals surface area contributed by atoms with Gasteiger partial charge in [-0.25, -0.2) is 19.3 Å². The van der Waals surface area contributed by atoms with Crippen molar-refractivity contribution in [1.29, 1.82) is 0 Å². The Morgan fingerprint density at radius 3 is 2.56 bits per heavy atom. The second-order valence-electron chi connectivity index (χ2n) is 5.21. The van der Waals surface area contributed by atoms with E-state index in [-0.39, 0.29) is 11.4 Å². The molecule has 1 heterocycles. The summed E-state index contributed by atoms with van der Waals surface area (Å²) in [7, 11) is 0. The highest BCUT2D eigenvalue weighted by Crippen LogP contribution is 2.12. The number of rotatable bonds is 3. The molecule has 0 radical (unpaired) electrons. The molecule has 2 N–H and O–H groups in total. The SMILES string of the molecule is C/C(=N/NC(=O)c1n[nH]c(=O)c2ccccc12)c1ccc(F)c(F)c1. The van der Waals surface area contributed by atoms with E-state index in [1.54, 1.807) is 24.3 Å². The molecule has 0 atom stereocenters. The Balaban J connectivity index is 1.89. The molecule has 0 aliphatic rings. The number of aromatic nitrogens is 2. The number of nitrogens with zero attached hydrogens (tertiary/aromatic N) is 2. The first-order valence-corrected chi connectivity index (χ1v) is 7.25. The van der Waals surface area contributed by atoms with Gasteiger partial charge in [-0.1, -0.05) is 18.2 Å². The van der Waals surface area contributed by atoms with Gasteiger partial charge in [-0.15, -0.1) is 0 Å². The summed E-state index contributed by atoms with van der Waals surface area (Å²) in [6, 6.07) is 9.81. The molecular formula is C17H12F2N4O2. The molecule has 1 amide bonds. The van der Waals surface area contributed by atoms with Gasteiger partial charge in [0.1, 0.15) is 0 Å². The normalized spacial score (nSPS) is 11.6. The molecular weight excluding hydrogens is 330 g/mol. The second-order valence-corrected chi connectivity index (χ2v) is 5.21. The smallest absolute Gasteiger partial charge is 0.267 e. The van der Waals surface area contributed by atoms with Gasteiger partial charge in [0.15, 0.2) is 17.3 Å². The van der Waals surface area contributed by atoms with Crippen LogP contribution in [0.5, 0.6) is 0 Å². The lowest BCUT2D eigenvalue weighted by atomic mass is 10.1. The van der Waals surface area contributed by atoms with Gasteiger partial charge in [0.05, 0.1) is 11.1 Å². The molecule has 0 saturated carbocycles. The van der Waals surface area contributed by atoms with E-state index in [0.29, 0.717) is 16.3 Å². The zero-order valence-corrected chi connectivity index (χ0v) is 13.0. The quantitative estimate of drug-likeness (QED) is 0.566. The first-order valence-electron chi connectivity index (χ1n) is 7.25. The molecule has 25 heavy (non-hydrogen) atoms. The molecule has 0 bridgehead atoms. The minimum atomic E-state index is -1.01. The van der Waals surface area contributed by atoms with Crippen molar-refractivity contribution in [1.82, 2.24) is 15.6 Å². The number of nitrogens with one attached hydrogen (secondary N) is 2. The Kier molecular flexibility index (Phi) is 4.34. The maximum absolute atomic E-state index is 13.3. The highest BCUT2D eigenvalue weighted by Gasteiger charge is 2.13. The molecule has 3 aromatic rings. The molecule has 1 aromatic heterocycles. The number of hydrogen-bond donors (Lipinski definition) is 2. The van der Waals surface area contributed by atoms with Crippen LogP contribution in [0, 0.1) is 11.6 Å². The van der Waals surface area contributed by atoms with Gasteiger partial charge in [-0.2, -0.15) is 10.2 Å². The van der Waals surface area contributed by atoms with Gasteiger partial charge >= 0.3 is 0 Å². The number of carbonyl (C=O) groups is 1. The lowest BCUT2D eigenvalue weighted by molar-refractivity contribution is 0.0950. The van der Waals surface area contributed by atoms with Crippen molar-refractivity contribution in [2.24, 2.45) is 5.10 Å². The van der Waals surface area contributed by atoms with Crippen molar-refractivity contribution in [2.75, 3.05) is 0 Å². The van der Waals surface area contributed by atoms with Gasteiger partial charge in [-0.05, 0) is 31.2 Å². The van der Waals surface area contributed by atoms with E-state index in [1.807, 2.05) is 0 Å². The van der Waals surface area contributed by atoms with Crippen LogP contribution < -0.4 is 11.0 Å². The van der Waals surface area contributed by atoms with Gasteiger partial charge in [0.2, 0.25) is 0 Å². The average molecular weight is 342 g/mol. The summed E-state index contributed by atoms with van der Waals surface area (Å²) in [6.45, 7) is 1.53. The number of benzene rings is 2. The largest absolute Gasteiger partial charge is 0.292 e. The van der Waals surface area contributed by atoms with Gasteiger partial charge in [0.25, 0.3) is 11.5 Å².